The summed E-state index contributed by atoms with van der Waals surface area (Å²) in [5.41, 5.74) is 1.50. The molecule has 2 aliphatic carbocycles. The molecule has 3 atom stereocenters. The van der Waals surface area contributed by atoms with E-state index in [1.807, 2.05) is 11.3 Å². The first-order chi connectivity index (χ1) is 8.34. The summed E-state index contributed by atoms with van der Waals surface area (Å²) in [5.74, 6) is 0. The van der Waals surface area contributed by atoms with Crippen molar-refractivity contribution in [3.63, 3.8) is 0 Å². The lowest BCUT2D eigenvalue weighted by Crippen LogP contribution is -2.44. The molecule has 3 heteroatoms. The minimum absolute atomic E-state index is 0.132. The Morgan fingerprint density at radius 1 is 1.18 bits per heavy atom. The third-order valence-corrected chi connectivity index (χ3v) is 5.19. The molecule has 17 heavy (non-hydrogen) atoms. The fraction of sp³-hybridized carbons (Fsp3) is 0.714. The Labute approximate surface area is 107 Å². The van der Waals surface area contributed by atoms with Crippen LogP contribution in [0.1, 0.15) is 55.0 Å². The highest BCUT2D eigenvalue weighted by Crippen LogP contribution is 2.34. The van der Waals surface area contributed by atoms with Crippen LogP contribution in [0.3, 0.4) is 0 Å². The molecule has 0 amide bonds. The first-order valence-corrected chi connectivity index (χ1v) is 7.73. The van der Waals surface area contributed by atoms with Gasteiger partial charge in [-0.15, -0.1) is 11.3 Å². The number of aliphatic hydroxyl groups is 1. The summed E-state index contributed by atoms with van der Waals surface area (Å²) in [7, 11) is 0. The molecule has 1 aromatic heterocycles. The third-order valence-electron chi connectivity index (χ3n) is 4.20. The highest BCUT2D eigenvalue weighted by molar-refractivity contribution is 7.10. The number of hydrogen-bond acceptors (Lipinski definition) is 3. The summed E-state index contributed by atoms with van der Waals surface area (Å²) in [6.45, 7) is 0. The predicted molar refractivity (Wildman–Crippen MR) is 71.4 cm³/mol. The normalized spacial score (nSPS) is 33.4. The van der Waals surface area contributed by atoms with Crippen molar-refractivity contribution in [2.75, 3.05) is 0 Å². The highest BCUT2D eigenvalue weighted by Gasteiger charge is 2.28. The molecule has 2 N–H and O–H groups in total. The van der Waals surface area contributed by atoms with Crippen LogP contribution in [-0.2, 0) is 6.42 Å². The molecular formula is C14H21NOS. The average molecular weight is 251 g/mol. The molecule has 94 valence electrons. The summed E-state index contributed by atoms with van der Waals surface area (Å²) >= 11 is 1.89. The van der Waals surface area contributed by atoms with Crippen LogP contribution in [0.2, 0.25) is 0 Å². The Bertz CT molecular complexity index is 376. The number of aliphatic hydroxyl groups excluding tert-OH is 1. The molecule has 1 saturated carbocycles. The van der Waals surface area contributed by atoms with Gasteiger partial charge in [0, 0.05) is 17.0 Å². The van der Waals surface area contributed by atoms with Gasteiger partial charge in [0.05, 0.1) is 6.10 Å². The number of nitrogens with one attached hydrogen (secondary N) is 1. The number of aryl methyl sites for hydroxylation is 1. The van der Waals surface area contributed by atoms with E-state index >= 15 is 0 Å². The van der Waals surface area contributed by atoms with Gasteiger partial charge in [0.1, 0.15) is 0 Å². The predicted octanol–water partition coefficient (Wildman–Crippen LogP) is 3.02. The number of thiophene rings is 1. The first-order valence-electron chi connectivity index (χ1n) is 6.85. The van der Waals surface area contributed by atoms with Crippen molar-refractivity contribution in [2.24, 2.45) is 0 Å². The van der Waals surface area contributed by atoms with Crippen LogP contribution >= 0.6 is 11.3 Å². The van der Waals surface area contributed by atoms with Crippen molar-refractivity contribution in [3.05, 3.63) is 21.9 Å². The molecule has 0 saturated heterocycles. The number of hydrogen-bond donors (Lipinski definition) is 2. The maximum atomic E-state index is 10.0. The van der Waals surface area contributed by atoms with Gasteiger partial charge in [-0.2, -0.15) is 0 Å². The molecule has 0 radical (unpaired) electrons. The van der Waals surface area contributed by atoms with E-state index in [1.165, 1.54) is 37.7 Å². The quantitative estimate of drug-likeness (QED) is 0.847. The first kappa shape index (κ1) is 11.7. The van der Waals surface area contributed by atoms with E-state index in [4.69, 9.17) is 0 Å². The number of fused-ring (bicyclic) bond motifs is 1. The SMILES string of the molecule is OC1CCCCC1NC1CCCc2sccc21. The van der Waals surface area contributed by atoms with Crippen molar-refractivity contribution in [1.29, 1.82) is 0 Å². The minimum atomic E-state index is -0.132. The summed E-state index contributed by atoms with van der Waals surface area (Å²) in [6.07, 6.45) is 8.19. The van der Waals surface area contributed by atoms with Crippen molar-refractivity contribution in [1.82, 2.24) is 5.32 Å². The summed E-state index contributed by atoms with van der Waals surface area (Å²) < 4.78 is 0. The highest BCUT2D eigenvalue weighted by atomic mass is 32.1. The van der Waals surface area contributed by atoms with Crippen molar-refractivity contribution >= 4 is 11.3 Å². The van der Waals surface area contributed by atoms with Crippen LogP contribution < -0.4 is 5.32 Å². The van der Waals surface area contributed by atoms with Gasteiger partial charge < -0.3 is 10.4 Å². The second-order valence-corrected chi connectivity index (χ2v) is 6.37. The largest absolute Gasteiger partial charge is 0.392 e. The second kappa shape index (κ2) is 5.09. The molecular weight excluding hydrogens is 230 g/mol. The summed E-state index contributed by atoms with van der Waals surface area (Å²) in [5, 5.41) is 16.0. The molecule has 2 nitrogen and oxygen atoms in total. The lowest BCUT2D eigenvalue weighted by atomic mass is 9.88. The molecule has 3 unspecified atom stereocenters. The molecule has 1 aromatic rings. The van der Waals surface area contributed by atoms with E-state index in [0.717, 1.165) is 12.8 Å². The zero-order valence-electron chi connectivity index (χ0n) is 10.2. The lowest BCUT2D eigenvalue weighted by Gasteiger charge is -2.34. The topological polar surface area (TPSA) is 32.3 Å². The van der Waals surface area contributed by atoms with E-state index in [1.54, 1.807) is 4.88 Å². The Hall–Kier alpha value is -0.380. The van der Waals surface area contributed by atoms with E-state index < -0.39 is 0 Å². The van der Waals surface area contributed by atoms with Crippen LogP contribution in [0.4, 0.5) is 0 Å². The molecule has 3 rings (SSSR count). The van der Waals surface area contributed by atoms with E-state index in [-0.39, 0.29) is 6.10 Å². The summed E-state index contributed by atoms with van der Waals surface area (Å²) in [6, 6.07) is 3.08. The molecule has 0 bridgehead atoms. The molecule has 1 heterocycles. The lowest BCUT2D eigenvalue weighted by molar-refractivity contribution is 0.0835. The van der Waals surface area contributed by atoms with Gasteiger partial charge in [0.2, 0.25) is 0 Å². The molecule has 1 fully saturated rings. The van der Waals surface area contributed by atoms with Crippen LogP contribution in [0.5, 0.6) is 0 Å². The van der Waals surface area contributed by atoms with Crippen molar-refractivity contribution < 1.29 is 5.11 Å². The van der Waals surface area contributed by atoms with Crippen molar-refractivity contribution in [3.8, 4) is 0 Å². The van der Waals surface area contributed by atoms with Gasteiger partial charge >= 0.3 is 0 Å². The van der Waals surface area contributed by atoms with Gasteiger partial charge in [-0.05, 0) is 49.1 Å². The maximum Gasteiger partial charge on any atom is 0.0693 e. The Kier molecular flexibility index (Phi) is 3.50. The van der Waals surface area contributed by atoms with Gasteiger partial charge in [0.15, 0.2) is 0 Å². The molecule has 0 spiro atoms. The van der Waals surface area contributed by atoms with Gasteiger partial charge in [-0.25, -0.2) is 0 Å². The minimum Gasteiger partial charge on any atom is -0.392 e. The molecule has 2 aliphatic rings. The second-order valence-electron chi connectivity index (χ2n) is 5.37. The van der Waals surface area contributed by atoms with Crippen LogP contribution in [0.25, 0.3) is 0 Å². The van der Waals surface area contributed by atoms with E-state index in [0.29, 0.717) is 12.1 Å². The Morgan fingerprint density at radius 2 is 2.06 bits per heavy atom. The van der Waals surface area contributed by atoms with Crippen LogP contribution in [-0.4, -0.2) is 17.3 Å². The fourth-order valence-electron chi connectivity index (χ4n) is 3.22. The van der Waals surface area contributed by atoms with E-state index in [2.05, 4.69) is 16.8 Å². The zero-order chi connectivity index (χ0) is 11.7. The van der Waals surface area contributed by atoms with E-state index in [9.17, 15) is 5.11 Å². The van der Waals surface area contributed by atoms with Crippen LogP contribution in [0, 0.1) is 0 Å². The number of rotatable bonds is 2. The third kappa shape index (κ3) is 2.42. The fourth-order valence-corrected chi connectivity index (χ4v) is 4.21. The van der Waals surface area contributed by atoms with Gasteiger partial charge in [0.25, 0.3) is 0 Å². The smallest absolute Gasteiger partial charge is 0.0693 e. The molecule has 0 aliphatic heterocycles. The van der Waals surface area contributed by atoms with Gasteiger partial charge in [-0.3, -0.25) is 0 Å². The average Bonchev–Trinajstić information content (AvgIpc) is 2.81. The zero-order valence-corrected chi connectivity index (χ0v) is 11.0. The Balaban J connectivity index is 1.70. The van der Waals surface area contributed by atoms with Crippen molar-refractivity contribution in [2.45, 2.75) is 63.1 Å². The summed E-state index contributed by atoms with van der Waals surface area (Å²) in [4.78, 5) is 1.55. The monoisotopic (exact) mass is 251 g/mol. The molecule has 0 aromatic carbocycles. The maximum absolute atomic E-state index is 10.0. The van der Waals surface area contributed by atoms with Gasteiger partial charge in [-0.1, -0.05) is 12.8 Å². The Morgan fingerprint density at radius 3 is 2.94 bits per heavy atom. The van der Waals surface area contributed by atoms with Crippen LogP contribution in [0.15, 0.2) is 11.4 Å². The standard InChI is InChI=1S/C14H21NOS/c16-13-6-2-1-4-12(13)15-11-5-3-7-14-10(11)8-9-17-14/h8-9,11-13,15-16H,1-7H2.